The van der Waals surface area contributed by atoms with Gasteiger partial charge in [0.05, 0.1) is 11.4 Å². The summed E-state index contributed by atoms with van der Waals surface area (Å²) in [4.78, 5) is 4.36. The second-order valence-electron chi connectivity index (χ2n) is 3.47. The van der Waals surface area contributed by atoms with E-state index in [1.807, 2.05) is 26.0 Å². The van der Waals surface area contributed by atoms with Crippen LogP contribution >= 0.6 is 12.2 Å². The molecule has 0 bridgehead atoms. The van der Waals surface area contributed by atoms with Crippen molar-refractivity contribution in [2.24, 2.45) is 0 Å². The third-order valence-corrected chi connectivity index (χ3v) is 2.26. The lowest BCUT2D eigenvalue weighted by Gasteiger charge is -2.11. The SMILES string of the molecule is CCCNC(=S)Nc1ccc(C)nc1C. The molecule has 0 fully saturated rings. The summed E-state index contributed by atoms with van der Waals surface area (Å²) in [5, 5.41) is 6.90. The number of rotatable bonds is 3. The van der Waals surface area contributed by atoms with Crippen LogP contribution in [0.5, 0.6) is 0 Å². The molecule has 0 amide bonds. The molecule has 0 spiro atoms. The minimum absolute atomic E-state index is 0.658. The lowest BCUT2D eigenvalue weighted by atomic mass is 10.3. The van der Waals surface area contributed by atoms with Crippen molar-refractivity contribution in [2.45, 2.75) is 27.2 Å². The summed E-state index contributed by atoms with van der Waals surface area (Å²) < 4.78 is 0. The van der Waals surface area contributed by atoms with Crippen LogP contribution < -0.4 is 10.6 Å². The molecule has 0 atom stereocenters. The van der Waals surface area contributed by atoms with Crippen LogP contribution in [0.3, 0.4) is 0 Å². The van der Waals surface area contributed by atoms with Gasteiger partial charge in [0.25, 0.3) is 0 Å². The van der Waals surface area contributed by atoms with Crippen molar-refractivity contribution in [3.05, 3.63) is 23.5 Å². The molecule has 0 saturated carbocycles. The maximum atomic E-state index is 5.14. The van der Waals surface area contributed by atoms with E-state index in [2.05, 4.69) is 22.5 Å². The topological polar surface area (TPSA) is 37.0 Å². The normalized spacial score (nSPS) is 9.80. The van der Waals surface area contributed by atoms with Crippen molar-refractivity contribution < 1.29 is 0 Å². The molecule has 0 aliphatic heterocycles. The number of aryl methyl sites for hydroxylation is 2. The van der Waals surface area contributed by atoms with E-state index in [-0.39, 0.29) is 0 Å². The van der Waals surface area contributed by atoms with E-state index in [9.17, 15) is 0 Å². The van der Waals surface area contributed by atoms with Gasteiger partial charge in [-0.05, 0) is 44.6 Å². The summed E-state index contributed by atoms with van der Waals surface area (Å²) in [7, 11) is 0. The van der Waals surface area contributed by atoms with E-state index >= 15 is 0 Å². The summed E-state index contributed by atoms with van der Waals surface area (Å²) in [6.07, 6.45) is 1.06. The van der Waals surface area contributed by atoms with Crippen LogP contribution in [-0.2, 0) is 0 Å². The lowest BCUT2D eigenvalue weighted by molar-refractivity contribution is 0.846. The number of thiocarbonyl (C=S) groups is 1. The highest BCUT2D eigenvalue weighted by atomic mass is 32.1. The number of nitrogens with one attached hydrogen (secondary N) is 2. The van der Waals surface area contributed by atoms with Crippen molar-refractivity contribution in [1.82, 2.24) is 10.3 Å². The van der Waals surface area contributed by atoms with Crippen LogP contribution in [0, 0.1) is 13.8 Å². The largest absolute Gasteiger partial charge is 0.362 e. The fourth-order valence-corrected chi connectivity index (χ4v) is 1.44. The number of aromatic nitrogens is 1. The third-order valence-electron chi connectivity index (χ3n) is 2.01. The van der Waals surface area contributed by atoms with Crippen LogP contribution in [0.4, 0.5) is 5.69 Å². The Labute approximate surface area is 96.3 Å². The number of pyridine rings is 1. The third kappa shape index (κ3) is 3.83. The minimum Gasteiger partial charge on any atom is -0.362 e. The van der Waals surface area contributed by atoms with Gasteiger partial charge in [-0.3, -0.25) is 4.98 Å². The molecule has 0 aromatic carbocycles. The highest BCUT2D eigenvalue weighted by Gasteiger charge is 2.01. The Hall–Kier alpha value is -1.16. The van der Waals surface area contributed by atoms with Gasteiger partial charge in [-0.15, -0.1) is 0 Å². The van der Waals surface area contributed by atoms with Crippen LogP contribution in [-0.4, -0.2) is 16.6 Å². The Kier molecular flexibility index (Phi) is 4.49. The zero-order chi connectivity index (χ0) is 11.3. The predicted octanol–water partition coefficient (Wildman–Crippen LogP) is 2.39. The van der Waals surface area contributed by atoms with Crippen LogP contribution in [0.1, 0.15) is 24.7 Å². The van der Waals surface area contributed by atoms with Gasteiger partial charge < -0.3 is 10.6 Å². The van der Waals surface area contributed by atoms with E-state index in [0.29, 0.717) is 5.11 Å². The number of hydrogen-bond donors (Lipinski definition) is 2. The van der Waals surface area contributed by atoms with Gasteiger partial charge in [-0.2, -0.15) is 0 Å². The lowest BCUT2D eigenvalue weighted by Crippen LogP contribution is -2.29. The standard InChI is InChI=1S/C11H17N3S/c1-4-7-12-11(15)14-10-6-5-8(2)13-9(10)3/h5-6H,4,7H2,1-3H3,(H2,12,14,15). The molecule has 1 aromatic heterocycles. The van der Waals surface area contributed by atoms with E-state index in [0.717, 1.165) is 30.0 Å². The number of anilines is 1. The van der Waals surface area contributed by atoms with Gasteiger partial charge >= 0.3 is 0 Å². The van der Waals surface area contributed by atoms with Gasteiger partial charge in [0.1, 0.15) is 0 Å². The molecule has 15 heavy (non-hydrogen) atoms. The summed E-state index contributed by atoms with van der Waals surface area (Å²) in [5.74, 6) is 0. The zero-order valence-electron chi connectivity index (χ0n) is 9.42. The van der Waals surface area contributed by atoms with Crippen molar-refractivity contribution in [3.63, 3.8) is 0 Å². The van der Waals surface area contributed by atoms with Crippen molar-refractivity contribution in [3.8, 4) is 0 Å². The second kappa shape index (κ2) is 5.66. The Morgan fingerprint density at radius 3 is 2.73 bits per heavy atom. The average Bonchev–Trinajstić information content (AvgIpc) is 2.19. The van der Waals surface area contributed by atoms with Gasteiger partial charge in [0, 0.05) is 12.2 Å². The first-order chi connectivity index (χ1) is 7.13. The number of nitrogens with zero attached hydrogens (tertiary/aromatic N) is 1. The molecule has 2 N–H and O–H groups in total. The predicted molar refractivity (Wildman–Crippen MR) is 68.2 cm³/mol. The van der Waals surface area contributed by atoms with Crippen LogP contribution in [0.15, 0.2) is 12.1 Å². The van der Waals surface area contributed by atoms with E-state index in [1.165, 1.54) is 0 Å². The molecule has 82 valence electrons. The van der Waals surface area contributed by atoms with Gasteiger partial charge in [-0.1, -0.05) is 6.92 Å². The Morgan fingerprint density at radius 1 is 1.40 bits per heavy atom. The molecule has 4 heteroatoms. The molecule has 0 aliphatic rings. The van der Waals surface area contributed by atoms with Crippen molar-refractivity contribution in [1.29, 1.82) is 0 Å². The molecule has 3 nitrogen and oxygen atoms in total. The maximum absolute atomic E-state index is 5.14. The van der Waals surface area contributed by atoms with Crippen molar-refractivity contribution in [2.75, 3.05) is 11.9 Å². The van der Waals surface area contributed by atoms with Gasteiger partial charge in [0.15, 0.2) is 5.11 Å². The minimum atomic E-state index is 0.658. The molecular weight excluding hydrogens is 206 g/mol. The summed E-state index contributed by atoms with van der Waals surface area (Å²) in [6, 6.07) is 3.97. The Balaban J connectivity index is 2.60. The van der Waals surface area contributed by atoms with E-state index in [4.69, 9.17) is 12.2 Å². The first-order valence-electron chi connectivity index (χ1n) is 5.12. The van der Waals surface area contributed by atoms with Crippen LogP contribution in [0.25, 0.3) is 0 Å². The summed E-state index contributed by atoms with van der Waals surface area (Å²) in [5.41, 5.74) is 2.95. The molecule has 0 aliphatic carbocycles. The van der Waals surface area contributed by atoms with E-state index < -0.39 is 0 Å². The first kappa shape index (κ1) is 11.9. The molecular formula is C11H17N3S. The maximum Gasteiger partial charge on any atom is 0.170 e. The first-order valence-corrected chi connectivity index (χ1v) is 5.53. The smallest absolute Gasteiger partial charge is 0.170 e. The summed E-state index contributed by atoms with van der Waals surface area (Å²) in [6.45, 7) is 6.95. The fraction of sp³-hybridized carbons (Fsp3) is 0.455. The molecule has 0 saturated heterocycles. The van der Waals surface area contributed by atoms with E-state index in [1.54, 1.807) is 0 Å². The van der Waals surface area contributed by atoms with Crippen molar-refractivity contribution >= 4 is 23.0 Å². The quantitative estimate of drug-likeness (QED) is 0.772. The van der Waals surface area contributed by atoms with Gasteiger partial charge in [-0.25, -0.2) is 0 Å². The second-order valence-corrected chi connectivity index (χ2v) is 3.87. The molecule has 1 heterocycles. The Bertz CT molecular complexity index is 350. The number of hydrogen-bond acceptors (Lipinski definition) is 2. The van der Waals surface area contributed by atoms with Gasteiger partial charge in [0.2, 0.25) is 0 Å². The molecule has 0 unspecified atom stereocenters. The molecule has 0 radical (unpaired) electrons. The zero-order valence-corrected chi connectivity index (χ0v) is 10.2. The van der Waals surface area contributed by atoms with Crippen LogP contribution in [0.2, 0.25) is 0 Å². The molecule has 1 aromatic rings. The monoisotopic (exact) mass is 223 g/mol. The highest BCUT2D eigenvalue weighted by molar-refractivity contribution is 7.80. The summed E-state index contributed by atoms with van der Waals surface area (Å²) >= 11 is 5.14. The fourth-order valence-electron chi connectivity index (χ4n) is 1.22. The highest BCUT2D eigenvalue weighted by Crippen LogP contribution is 2.12. The molecule has 1 rings (SSSR count). The Morgan fingerprint density at radius 2 is 2.13 bits per heavy atom. The average molecular weight is 223 g/mol.